The molecule has 2 aromatic rings. The highest BCUT2D eigenvalue weighted by Crippen LogP contribution is 2.31. The Morgan fingerprint density at radius 1 is 1.14 bits per heavy atom. The summed E-state index contributed by atoms with van der Waals surface area (Å²) in [5.41, 5.74) is 1.87. The molecular weight excluding hydrogens is 298 g/mol. The van der Waals surface area contributed by atoms with Crippen molar-refractivity contribution in [1.82, 2.24) is 0 Å². The maximum absolute atomic E-state index is 12.8. The lowest BCUT2D eigenvalue weighted by atomic mass is 9.99. The van der Waals surface area contributed by atoms with Crippen LogP contribution in [0.5, 0.6) is 0 Å². The number of rotatable bonds is 4. The number of hydrogen-bond acceptors (Lipinski definition) is 3. The molecule has 1 N–H and O–H groups in total. The van der Waals surface area contributed by atoms with Gasteiger partial charge in [-0.1, -0.05) is 18.2 Å². The van der Waals surface area contributed by atoms with Crippen molar-refractivity contribution in [3.05, 3.63) is 51.7 Å². The summed E-state index contributed by atoms with van der Waals surface area (Å²) < 4.78 is 0. The van der Waals surface area contributed by atoms with Crippen LogP contribution in [0.2, 0.25) is 0 Å². The zero-order valence-corrected chi connectivity index (χ0v) is 12.9. The molecule has 4 nitrogen and oxygen atoms in total. The summed E-state index contributed by atoms with van der Waals surface area (Å²) in [6, 6.07) is 10.9. The molecule has 1 aromatic carbocycles. The summed E-state index contributed by atoms with van der Waals surface area (Å²) in [4.78, 5) is 27.1. The Morgan fingerprint density at radius 3 is 2.55 bits per heavy atom. The van der Waals surface area contributed by atoms with Gasteiger partial charge in [-0.3, -0.25) is 14.5 Å². The van der Waals surface area contributed by atoms with E-state index in [2.05, 4.69) is 0 Å². The third-order valence-electron chi connectivity index (χ3n) is 3.81. The molecule has 22 heavy (non-hydrogen) atoms. The number of fused-ring (bicyclic) bond motifs is 1. The van der Waals surface area contributed by atoms with Crippen LogP contribution >= 0.6 is 11.3 Å². The fourth-order valence-electron chi connectivity index (χ4n) is 2.75. The standard InChI is InChI=1S/C17H17NO3S/c19-16(20)11-18(13-7-2-1-3-8-13)17(21)15-10-12-6-4-5-9-14(12)22-15/h1-3,7-8,10H,4-6,9,11H2,(H,19,20). The molecule has 1 amide bonds. The van der Waals surface area contributed by atoms with E-state index < -0.39 is 5.97 Å². The van der Waals surface area contributed by atoms with Crippen LogP contribution in [0.3, 0.4) is 0 Å². The van der Waals surface area contributed by atoms with Crippen LogP contribution in [-0.2, 0) is 17.6 Å². The van der Waals surface area contributed by atoms with Crippen molar-refractivity contribution in [1.29, 1.82) is 0 Å². The summed E-state index contributed by atoms with van der Waals surface area (Å²) in [6.45, 7) is -0.328. The quantitative estimate of drug-likeness (QED) is 0.941. The first kappa shape index (κ1) is 14.8. The number of nitrogens with zero attached hydrogens (tertiary/aromatic N) is 1. The number of thiophene rings is 1. The first-order chi connectivity index (χ1) is 10.6. The molecule has 0 saturated heterocycles. The van der Waals surface area contributed by atoms with Gasteiger partial charge in [0.25, 0.3) is 5.91 Å². The predicted molar refractivity (Wildman–Crippen MR) is 86.7 cm³/mol. The third kappa shape index (κ3) is 3.04. The Balaban J connectivity index is 1.92. The second kappa shape index (κ2) is 6.32. The molecular formula is C17H17NO3S. The third-order valence-corrected chi connectivity index (χ3v) is 5.04. The number of benzene rings is 1. The molecule has 114 valence electrons. The first-order valence-corrected chi connectivity index (χ1v) is 8.17. The van der Waals surface area contributed by atoms with Crippen LogP contribution in [0, 0.1) is 0 Å². The van der Waals surface area contributed by atoms with Crippen LogP contribution in [0.4, 0.5) is 5.69 Å². The van der Waals surface area contributed by atoms with Gasteiger partial charge in [-0.25, -0.2) is 0 Å². The summed E-state index contributed by atoms with van der Waals surface area (Å²) in [5.74, 6) is -1.24. The van der Waals surface area contributed by atoms with E-state index in [9.17, 15) is 9.59 Å². The zero-order chi connectivity index (χ0) is 15.5. The molecule has 3 rings (SSSR count). The van der Waals surface area contributed by atoms with Crippen LogP contribution in [-0.4, -0.2) is 23.5 Å². The summed E-state index contributed by atoms with van der Waals surface area (Å²) in [7, 11) is 0. The van der Waals surface area contributed by atoms with Crippen molar-refractivity contribution >= 4 is 28.9 Å². The number of para-hydroxylation sites is 1. The number of hydrogen-bond donors (Lipinski definition) is 1. The molecule has 0 aliphatic heterocycles. The Kier molecular flexibility index (Phi) is 4.24. The number of aliphatic carboxylic acids is 1. The lowest BCUT2D eigenvalue weighted by molar-refractivity contribution is -0.135. The van der Waals surface area contributed by atoms with Crippen molar-refractivity contribution in [2.75, 3.05) is 11.4 Å². The SMILES string of the molecule is O=C(O)CN(C(=O)c1cc2c(s1)CCCC2)c1ccccc1. The molecule has 1 aromatic heterocycles. The molecule has 0 spiro atoms. The van der Waals surface area contributed by atoms with E-state index >= 15 is 0 Å². The van der Waals surface area contributed by atoms with Gasteiger partial charge in [0.2, 0.25) is 0 Å². The monoisotopic (exact) mass is 315 g/mol. The number of aryl methyl sites for hydroxylation is 2. The average Bonchev–Trinajstić information content (AvgIpc) is 2.96. The highest BCUT2D eigenvalue weighted by atomic mass is 32.1. The van der Waals surface area contributed by atoms with Gasteiger partial charge in [0.15, 0.2) is 0 Å². The van der Waals surface area contributed by atoms with E-state index in [-0.39, 0.29) is 12.5 Å². The van der Waals surface area contributed by atoms with Crippen molar-refractivity contribution in [2.24, 2.45) is 0 Å². The van der Waals surface area contributed by atoms with Gasteiger partial charge < -0.3 is 5.11 Å². The maximum Gasteiger partial charge on any atom is 0.323 e. The number of anilines is 1. The van der Waals surface area contributed by atoms with E-state index in [1.807, 2.05) is 12.1 Å². The maximum atomic E-state index is 12.8. The molecule has 0 bridgehead atoms. The second-order valence-corrected chi connectivity index (χ2v) is 6.52. The molecule has 0 saturated carbocycles. The van der Waals surface area contributed by atoms with E-state index in [4.69, 9.17) is 5.11 Å². The van der Waals surface area contributed by atoms with Crippen molar-refractivity contribution in [2.45, 2.75) is 25.7 Å². The predicted octanol–water partition coefficient (Wildman–Crippen LogP) is 3.36. The van der Waals surface area contributed by atoms with Gasteiger partial charge in [0.1, 0.15) is 6.54 Å². The topological polar surface area (TPSA) is 57.6 Å². The fraction of sp³-hybridized carbons (Fsp3) is 0.294. The Bertz CT molecular complexity index is 670. The van der Waals surface area contributed by atoms with E-state index in [0.717, 1.165) is 19.3 Å². The molecule has 1 heterocycles. The highest BCUT2D eigenvalue weighted by Gasteiger charge is 2.24. The van der Waals surface area contributed by atoms with Crippen LogP contribution in [0.15, 0.2) is 36.4 Å². The zero-order valence-electron chi connectivity index (χ0n) is 12.1. The minimum Gasteiger partial charge on any atom is -0.480 e. The number of carboxylic acids is 1. The van der Waals surface area contributed by atoms with Gasteiger partial charge in [0.05, 0.1) is 4.88 Å². The summed E-state index contributed by atoms with van der Waals surface area (Å²) in [6.07, 6.45) is 4.37. The molecule has 0 radical (unpaired) electrons. The fourth-order valence-corrected chi connectivity index (χ4v) is 3.96. The lowest BCUT2D eigenvalue weighted by Gasteiger charge is -2.20. The van der Waals surface area contributed by atoms with Gasteiger partial charge in [-0.05, 0) is 49.4 Å². The number of carbonyl (C=O) groups excluding carboxylic acids is 1. The minimum absolute atomic E-state index is 0.229. The van der Waals surface area contributed by atoms with Gasteiger partial charge in [0, 0.05) is 10.6 Å². The molecule has 5 heteroatoms. The van der Waals surface area contributed by atoms with Crippen molar-refractivity contribution in [3.8, 4) is 0 Å². The minimum atomic E-state index is -1.02. The second-order valence-electron chi connectivity index (χ2n) is 5.39. The van der Waals surface area contributed by atoms with E-state index in [0.29, 0.717) is 10.6 Å². The smallest absolute Gasteiger partial charge is 0.323 e. The molecule has 0 fully saturated rings. The lowest BCUT2D eigenvalue weighted by Crippen LogP contribution is -2.35. The molecule has 0 atom stereocenters. The van der Waals surface area contributed by atoms with Gasteiger partial charge in [-0.15, -0.1) is 11.3 Å². The summed E-state index contributed by atoms with van der Waals surface area (Å²) >= 11 is 1.51. The highest BCUT2D eigenvalue weighted by molar-refractivity contribution is 7.14. The first-order valence-electron chi connectivity index (χ1n) is 7.35. The number of carbonyl (C=O) groups is 2. The molecule has 1 aliphatic rings. The van der Waals surface area contributed by atoms with E-state index in [1.54, 1.807) is 24.3 Å². The van der Waals surface area contributed by atoms with Crippen LogP contribution in [0.25, 0.3) is 0 Å². The Labute approximate surface area is 133 Å². The van der Waals surface area contributed by atoms with Crippen LogP contribution in [0.1, 0.15) is 33.0 Å². The van der Waals surface area contributed by atoms with Gasteiger partial charge in [-0.2, -0.15) is 0 Å². The Hall–Kier alpha value is -2.14. The van der Waals surface area contributed by atoms with Crippen molar-refractivity contribution in [3.63, 3.8) is 0 Å². The average molecular weight is 315 g/mol. The molecule has 0 unspecified atom stereocenters. The normalized spacial score (nSPS) is 13.5. The largest absolute Gasteiger partial charge is 0.480 e. The Morgan fingerprint density at radius 2 is 1.86 bits per heavy atom. The van der Waals surface area contributed by atoms with Gasteiger partial charge >= 0.3 is 5.97 Å². The summed E-state index contributed by atoms with van der Waals surface area (Å²) in [5, 5.41) is 9.11. The molecule has 1 aliphatic carbocycles. The van der Waals surface area contributed by atoms with E-state index in [1.165, 1.54) is 33.1 Å². The number of amides is 1. The number of carboxylic acid groups (broad SMARTS) is 1. The van der Waals surface area contributed by atoms with Crippen molar-refractivity contribution < 1.29 is 14.7 Å². The van der Waals surface area contributed by atoms with Crippen LogP contribution < -0.4 is 4.90 Å².